The third-order valence-corrected chi connectivity index (χ3v) is 3.06. The molecule has 1 amide bonds. The van der Waals surface area contributed by atoms with Gasteiger partial charge in [0.1, 0.15) is 0 Å². The first kappa shape index (κ1) is 11.5. The predicted octanol–water partition coefficient (Wildman–Crippen LogP) is 1.27. The van der Waals surface area contributed by atoms with Crippen molar-refractivity contribution in [2.45, 2.75) is 52.1 Å². The summed E-state index contributed by atoms with van der Waals surface area (Å²) in [6.45, 7) is 8.09. The van der Waals surface area contributed by atoms with Crippen LogP contribution in [0.1, 0.15) is 40.5 Å². The summed E-state index contributed by atoms with van der Waals surface area (Å²) in [5, 5.41) is 3.04. The summed E-state index contributed by atoms with van der Waals surface area (Å²) in [7, 11) is 0. The Balaban J connectivity index is 2.46. The highest BCUT2D eigenvalue weighted by Crippen LogP contribution is 2.39. The maximum Gasteiger partial charge on any atom is 0.237 e. The van der Waals surface area contributed by atoms with Crippen molar-refractivity contribution in [3.63, 3.8) is 0 Å². The molecular formula is C11H22N2O. The van der Waals surface area contributed by atoms with Crippen molar-refractivity contribution in [3.05, 3.63) is 0 Å². The molecule has 14 heavy (non-hydrogen) atoms. The second-order valence-electron chi connectivity index (χ2n) is 5.26. The zero-order valence-electron chi connectivity index (χ0n) is 9.63. The number of hydrogen-bond donors (Lipinski definition) is 2. The molecule has 1 rings (SSSR count). The Bertz CT molecular complexity index is 219. The molecule has 3 N–H and O–H groups in total. The largest absolute Gasteiger partial charge is 0.350 e. The van der Waals surface area contributed by atoms with E-state index >= 15 is 0 Å². The van der Waals surface area contributed by atoms with Crippen LogP contribution < -0.4 is 11.1 Å². The van der Waals surface area contributed by atoms with Crippen molar-refractivity contribution in [3.8, 4) is 0 Å². The molecular weight excluding hydrogens is 176 g/mol. The summed E-state index contributed by atoms with van der Waals surface area (Å²) in [5.74, 6) is 0.827. The minimum atomic E-state index is -0.381. The molecule has 1 aliphatic rings. The van der Waals surface area contributed by atoms with Gasteiger partial charge in [0.15, 0.2) is 0 Å². The molecule has 0 saturated heterocycles. The number of carbonyl (C=O) groups is 1. The van der Waals surface area contributed by atoms with Gasteiger partial charge >= 0.3 is 0 Å². The fourth-order valence-corrected chi connectivity index (χ4v) is 1.61. The Morgan fingerprint density at radius 3 is 2.29 bits per heavy atom. The topological polar surface area (TPSA) is 55.1 Å². The lowest BCUT2D eigenvalue weighted by atomic mass is 9.96. The van der Waals surface area contributed by atoms with E-state index in [0.29, 0.717) is 5.92 Å². The van der Waals surface area contributed by atoms with E-state index < -0.39 is 0 Å². The SMILES string of the molecule is CC(C)[C@@H](N)C(=O)NC(C)(C)C1CC1. The highest BCUT2D eigenvalue weighted by molar-refractivity contribution is 5.82. The van der Waals surface area contributed by atoms with Crippen molar-refractivity contribution in [2.24, 2.45) is 17.6 Å². The first-order chi connectivity index (χ1) is 6.34. The van der Waals surface area contributed by atoms with E-state index in [9.17, 15) is 4.79 Å². The summed E-state index contributed by atoms with van der Waals surface area (Å²) >= 11 is 0. The number of amides is 1. The van der Waals surface area contributed by atoms with E-state index in [1.165, 1.54) is 12.8 Å². The summed E-state index contributed by atoms with van der Waals surface area (Å²) in [6.07, 6.45) is 2.45. The molecule has 0 aromatic rings. The molecule has 0 aromatic carbocycles. The molecule has 0 heterocycles. The molecule has 1 saturated carbocycles. The van der Waals surface area contributed by atoms with Crippen LogP contribution in [-0.4, -0.2) is 17.5 Å². The second-order valence-corrected chi connectivity index (χ2v) is 5.26. The van der Waals surface area contributed by atoms with Gasteiger partial charge in [0.2, 0.25) is 5.91 Å². The highest BCUT2D eigenvalue weighted by Gasteiger charge is 2.39. The molecule has 0 aromatic heterocycles. The summed E-state index contributed by atoms with van der Waals surface area (Å²) in [5.41, 5.74) is 5.70. The van der Waals surface area contributed by atoms with E-state index in [0.717, 1.165) is 0 Å². The van der Waals surface area contributed by atoms with Crippen molar-refractivity contribution >= 4 is 5.91 Å². The Hall–Kier alpha value is -0.570. The van der Waals surface area contributed by atoms with Crippen LogP contribution in [0, 0.1) is 11.8 Å². The van der Waals surface area contributed by atoms with Gasteiger partial charge in [0, 0.05) is 5.54 Å². The molecule has 3 nitrogen and oxygen atoms in total. The van der Waals surface area contributed by atoms with Gasteiger partial charge in [0.25, 0.3) is 0 Å². The number of carbonyl (C=O) groups excluding carboxylic acids is 1. The number of rotatable bonds is 4. The normalized spacial score (nSPS) is 19.6. The smallest absolute Gasteiger partial charge is 0.237 e. The van der Waals surface area contributed by atoms with Crippen LogP contribution in [0.15, 0.2) is 0 Å². The van der Waals surface area contributed by atoms with Gasteiger partial charge in [-0.2, -0.15) is 0 Å². The van der Waals surface area contributed by atoms with E-state index in [2.05, 4.69) is 19.2 Å². The maximum absolute atomic E-state index is 11.7. The molecule has 0 aliphatic heterocycles. The monoisotopic (exact) mass is 198 g/mol. The van der Waals surface area contributed by atoms with Gasteiger partial charge in [-0.25, -0.2) is 0 Å². The van der Waals surface area contributed by atoms with Crippen molar-refractivity contribution in [1.29, 1.82) is 0 Å². The highest BCUT2D eigenvalue weighted by atomic mass is 16.2. The standard InChI is InChI=1S/C11H22N2O/c1-7(2)9(12)10(14)13-11(3,4)8-5-6-8/h7-9H,5-6,12H2,1-4H3,(H,13,14)/t9-/m1/s1. The molecule has 82 valence electrons. The van der Waals surface area contributed by atoms with Crippen LogP contribution in [-0.2, 0) is 4.79 Å². The van der Waals surface area contributed by atoms with Gasteiger partial charge in [-0.15, -0.1) is 0 Å². The minimum absolute atomic E-state index is 0.0168. The third-order valence-electron chi connectivity index (χ3n) is 3.06. The van der Waals surface area contributed by atoms with Crippen LogP contribution in [0.3, 0.4) is 0 Å². The van der Waals surface area contributed by atoms with Crippen LogP contribution in [0.2, 0.25) is 0 Å². The van der Waals surface area contributed by atoms with Gasteiger partial charge in [-0.3, -0.25) is 4.79 Å². The van der Waals surface area contributed by atoms with Gasteiger partial charge < -0.3 is 11.1 Å². The Morgan fingerprint density at radius 1 is 1.43 bits per heavy atom. The quantitative estimate of drug-likeness (QED) is 0.715. The van der Waals surface area contributed by atoms with Crippen molar-refractivity contribution < 1.29 is 4.79 Å². The molecule has 1 atom stereocenters. The van der Waals surface area contributed by atoms with Gasteiger partial charge in [-0.1, -0.05) is 13.8 Å². The van der Waals surface area contributed by atoms with E-state index in [1.807, 2.05) is 13.8 Å². The number of nitrogens with two attached hydrogens (primary N) is 1. The average Bonchev–Trinajstić information content (AvgIpc) is 2.83. The van der Waals surface area contributed by atoms with E-state index in [4.69, 9.17) is 5.73 Å². The zero-order chi connectivity index (χ0) is 10.9. The first-order valence-electron chi connectivity index (χ1n) is 5.42. The number of nitrogens with one attached hydrogen (secondary N) is 1. The van der Waals surface area contributed by atoms with Crippen LogP contribution in [0.25, 0.3) is 0 Å². The van der Waals surface area contributed by atoms with Crippen LogP contribution in [0.4, 0.5) is 0 Å². The lowest BCUT2D eigenvalue weighted by Crippen LogP contribution is -2.53. The molecule has 1 aliphatic carbocycles. The fraction of sp³-hybridized carbons (Fsp3) is 0.909. The Kier molecular flexibility index (Phi) is 3.20. The minimum Gasteiger partial charge on any atom is -0.350 e. The van der Waals surface area contributed by atoms with E-state index in [1.54, 1.807) is 0 Å². The van der Waals surface area contributed by atoms with Crippen LogP contribution in [0.5, 0.6) is 0 Å². The first-order valence-corrected chi connectivity index (χ1v) is 5.42. The third kappa shape index (κ3) is 2.71. The van der Waals surface area contributed by atoms with Gasteiger partial charge in [-0.05, 0) is 38.5 Å². The molecule has 0 spiro atoms. The predicted molar refractivity (Wildman–Crippen MR) is 57.8 cm³/mol. The molecule has 0 radical (unpaired) electrons. The van der Waals surface area contributed by atoms with Gasteiger partial charge in [0.05, 0.1) is 6.04 Å². The van der Waals surface area contributed by atoms with E-state index in [-0.39, 0.29) is 23.4 Å². The zero-order valence-corrected chi connectivity index (χ0v) is 9.63. The summed E-state index contributed by atoms with van der Waals surface area (Å²) in [4.78, 5) is 11.7. The fourth-order valence-electron chi connectivity index (χ4n) is 1.61. The summed E-state index contributed by atoms with van der Waals surface area (Å²) in [6, 6.07) is -0.381. The molecule has 3 heteroatoms. The van der Waals surface area contributed by atoms with Crippen molar-refractivity contribution in [1.82, 2.24) is 5.32 Å². The molecule has 0 bridgehead atoms. The average molecular weight is 198 g/mol. The maximum atomic E-state index is 11.7. The number of hydrogen-bond acceptors (Lipinski definition) is 2. The molecule has 0 unspecified atom stereocenters. The van der Waals surface area contributed by atoms with Crippen molar-refractivity contribution in [2.75, 3.05) is 0 Å². The summed E-state index contributed by atoms with van der Waals surface area (Å²) < 4.78 is 0. The Morgan fingerprint density at radius 2 is 1.93 bits per heavy atom. The Labute approximate surface area is 86.4 Å². The lowest BCUT2D eigenvalue weighted by Gasteiger charge is -2.28. The molecule has 1 fully saturated rings. The second kappa shape index (κ2) is 3.89. The van der Waals surface area contributed by atoms with Crippen LogP contribution >= 0.6 is 0 Å². The lowest BCUT2D eigenvalue weighted by molar-refractivity contribution is -0.125.